The van der Waals surface area contributed by atoms with Crippen molar-refractivity contribution in [3.05, 3.63) is 0 Å². The van der Waals surface area contributed by atoms with E-state index in [4.69, 9.17) is 42.6 Å². The van der Waals surface area contributed by atoms with E-state index in [1.807, 2.05) is 27.7 Å². The molecule has 57 heavy (non-hydrogen) atoms. The van der Waals surface area contributed by atoms with Gasteiger partial charge in [-0.15, -0.1) is 0 Å². The number of esters is 6. The zero-order valence-electron chi connectivity index (χ0n) is 35.9. The van der Waals surface area contributed by atoms with E-state index < -0.39 is 59.4 Å². The van der Waals surface area contributed by atoms with Crippen LogP contribution in [0, 0.1) is 5.41 Å². The van der Waals surface area contributed by atoms with E-state index >= 15 is 0 Å². The smallest absolute Gasteiger partial charge is 0.323 e. The highest BCUT2D eigenvalue weighted by Gasteiger charge is 2.33. The molecule has 0 aromatic heterocycles. The summed E-state index contributed by atoms with van der Waals surface area (Å²) in [7, 11) is 0. The van der Waals surface area contributed by atoms with Crippen molar-refractivity contribution in [3.8, 4) is 0 Å². The van der Waals surface area contributed by atoms with Crippen LogP contribution in [0.5, 0.6) is 0 Å². The molecule has 0 bridgehead atoms. The van der Waals surface area contributed by atoms with E-state index in [1.54, 1.807) is 41.5 Å². The molecule has 6 atom stereocenters. The Labute approximate surface area is 338 Å². The van der Waals surface area contributed by atoms with Crippen LogP contribution in [-0.4, -0.2) is 151 Å². The van der Waals surface area contributed by atoms with Crippen molar-refractivity contribution in [2.45, 2.75) is 131 Å². The van der Waals surface area contributed by atoms with Gasteiger partial charge in [0.1, 0.15) is 18.1 Å². The molecule has 3 N–H and O–H groups in total. The van der Waals surface area contributed by atoms with Crippen molar-refractivity contribution in [1.29, 1.82) is 0 Å². The second-order valence-electron chi connectivity index (χ2n) is 13.5. The summed E-state index contributed by atoms with van der Waals surface area (Å²) < 4.78 is 49.1. The molecule has 0 aliphatic heterocycles. The highest BCUT2D eigenvalue weighted by atomic mass is 16.6. The average Bonchev–Trinajstić information content (AvgIpc) is 3.14. The zero-order chi connectivity index (χ0) is 43.2. The highest BCUT2D eigenvalue weighted by Crippen LogP contribution is 2.25. The van der Waals surface area contributed by atoms with Gasteiger partial charge < -0.3 is 42.6 Å². The lowest BCUT2D eigenvalue weighted by Gasteiger charge is -2.34. The maximum Gasteiger partial charge on any atom is 0.323 e. The van der Waals surface area contributed by atoms with Crippen molar-refractivity contribution in [2.75, 3.05) is 79.3 Å². The molecule has 0 fully saturated rings. The Morgan fingerprint density at radius 1 is 0.421 bits per heavy atom. The van der Waals surface area contributed by atoms with E-state index in [-0.39, 0.29) is 117 Å². The number of carbonyl (C=O) groups excluding carboxylic acids is 6. The van der Waals surface area contributed by atoms with Crippen LogP contribution in [0.2, 0.25) is 0 Å². The lowest BCUT2D eigenvalue weighted by Crippen LogP contribution is -2.48. The minimum Gasteiger partial charge on any atom is -0.466 e. The Morgan fingerprint density at radius 3 is 0.877 bits per heavy atom. The molecule has 0 heterocycles. The first-order valence-corrected chi connectivity index (χ1v) is 20.1. The van der Waals surface area contributed by atoms with Crippen LogP contribution in [0.3, 0.4) is 0 Å². The summed E-state index contributed by atoms with van der Waals surface area (Å²) in [5.41, 5.74) is -0.693. The van der Waals surface area contributed by atoms with Gasteiger partial charge in [0.05, 0.1) is 98.5 Å². The van der Waals surface area contributed by atoms with Crippen molar-refractivity contribution >= 4 is 35.8 Å². The Morgan fingerprint density at radius 2 is 0.667 bits per heavy atom. The summed E-state index contributed by atoms with van der Waals surface area (Å²) in [6.07, 6.45) is -0.0632. The van der Waals surface area contributed by atoms with E-state index in [2.05, 4.69) is 16.0 Å². The summed E-state index contributed by atoms with van der Waals surface area (Å²) in [5, 5.41) is 9.32. The van der Waals surface area contributed by atoms with Crippen LogP contribution < -0.4 is 16.0 Å². The van der Waals surface area contributed by atoms with Gasteiger partial charge in [0.15, 0.2) is 0 Å². The molecule has 0 saturated heterocycles. The van der Waals surface area contributed by atoms with Gasteiger partial charge >= 0.3 is 35.8 Å². The third-order valence-electron chi connectivity index (χ3n) is 8.28. The van der Waals surface area contributed by atoms with Gasteiger partial charge in [-0.3, -0.25) is 44.7 Å². The normalized spacial score (nSPS) is 15.5. The van der Waals surface area contributed by atoms with E-state index in [9.17, 15) is 28.8 Å². The number of rotatable bonds is 34. The van der Waals surface area contributed by atoms with Crippen molar-refractivity contribution in [3.63, 3.8) is 0 Å². The molecular formula is C39H71N3O15. The average molecular weight is 822 g/mol. The molecule has 6 unspecified atom stereocenters. The number of nitrogens with one attached hydrogen (secondary N) is 3. The van der Waals surface area contributed by atoms with Gasteiger partial charge in [0, 0.05) is 23.5 Å². The predicted molar refractivity (Wildman–Crippen MR) is 208 cm³/mol. The molecule has 0 amide bonds. The fourth-order valence-electron chi connectivity index (χ4n) is 5.48. The zero-order valence-corrected chi connectivity index (χ0v) is 35.9. The molecular weight excluding hydrogens is 750 g/mol. The fraction of sp³-hybridized carbons (Fsp3) is 0.846. The van der Waals surface area contributed by atoms with Gasteiger partial charge in [-0.1, -0.05) is 6.92 Å². The number of ether oxygens (including phenoxy) is 9. The molecule has 0 aliphatic rings. The predicted octanol–water partition coefficient (Wildman–Crippen LogP) is 2.02. The van der Waals surface area contributed by atoms with Crippen molar-refractivity contribution < 1.29 is 71.4 Å². The molecule has 0 rings (SSSR count). The van der Waals surface area contributed by atoms with Gasteiger partial charge in [-0.05, 0) is 68.7 Å². The van der Waals surface area contributed by atoms with Crippen LogP contribution in [0.1, 0.15) is 94.9 Å². The summed E-state index contributed by atoms with van der Waals surface area (Å²) in [4.78, 5) is 74.4. The van der Waals surface area contributed by atoms with E-state index in [0.29, 0.717) is 6.42 Å². The lowest BCUT2D eigenvalue weighted by atomic mass is 9.88. The summed E-state index contributed by atoms with van der Waals surface area (Å²) in [6.45, 7) is 19.4. The Kier molecular flexibility index (Phi) is 29.7. The second-order valence-corrected chi connectivity index (χ2v) is 13.5. The topological polar surface area (TPSA) is 222 Å². The summed E-state index contributed by atoms with van der Waals surface area (Å²) >= 11 is 0. The molecule has 0 aromatic rings. The van der Waals surface area contributed by atoms with Gasteiger partial charge in [-0.2, -0.15) is 0 Å². The second kappa shape index (κ2) is 31.6. The summed E-state index contributed by atoms with van der Waals surface area (Å²) in [5.74, 6) is -3.34. The van der Waals surface area contributed by atoms with Gasteiger partial charge in [0.2, 0.25) is 0 Å². The molecule has 18 heteroatoms. The van der Waals surface area contributed by atoms with E-state index in [1.165, 1.54) is 0 Å². The number of hydrogen-bond donors (Lipinski definition) is 3. The highest BCUT2D eigenvalue weighted by molar-refractivity contribution is 5.84. The fourth-order valence-corrected chi connectivity index (χ4v) is 5.48. The SMILES string of the molecule is CCOC(=O)CC(NC(C)COCC(CC)(COCC(C)NC(CC(=O)OCC)C(=O)OCC)COCC(C)NC(CC(=O)OCC)C(=O)OCC)C(=O)OCC. The van der Waals surface area contributed by atoms with Crippen LogP contribution in [0.4, 0.5) is 0 Å². The third kappa shape index (κ3) is 24.2. The molecule has 0 spiro atoms. The molecule has 0 aliphatic carbocycles. The molecule has 18 nitrogen and oxygen atoms in total. The quantitative estimate of drug-likeness (QED) is 0.0624. The standard InChI is InChI=1S/C39H71N3O15/c1-11-39(24-49-21-27(8)40-30(36(46)55-15-5)18-33(43)52-12-2,25-50-22-28(9)41-31(37(47)56-16-6)19-34(44)53-13-3)26-51-23-29(10)42-32(38(48)57-17-7)20-35(45)54-14-4/h27-32,40-42H,11-26H2,1-10H3. The van der Waals surface area contributed by atoms with Crippen LogP contribution >= 0.6 is 0 Å². The van der Waals surface area contributed by atoms with Crippen molar-refractivity contribution in [2.24, 2.45) is 5.41 Å². The Balaban J connectivity index is 5.89. The monoisotopic (exact) mass is 821 g/mol. The van der Waals surface area contributed by atoms with Crippen molar-refractivity contribution in [1.82, 2.24) is 16.0 Å². The molecule has 0 saturated carbocycles. The third-order valence-corrected chi connectivity index (χ3v) is 8.28. The molecule has 0 radical (unpaired) electrons. The van der Waals surface area contributed by atoms with Gasteiger partial charge in [0.25, 0.3) is 0 Å². The lowest BCUT2D eigenvalue weighted by molar-refractivity contribution is -0.152. The van der Waals surface area contributed by atoms with Crippen LogP contribution in [0.25, 0.3) is 0 Å². The number of carbonyl (C=O) groups is 6. The minimum atomic E-state index is -0.933. The Bertz CT molecular complexity index is 1040. The minimum absolute atomic E-state index is 0.149. The first-order chi connectivity index (χ1) is 27.1. The molecule has 0 aromatic carbocycles. The number of hydrogen-bond acceptors (Lipinski definition) is 18. The first-order valence-electron chi connectivity index (χ1n) is 20.1. The molecule has 332 valence electrons. The first kappa shape index (κ1) is 53.6. The Hall–Kier alpha value is -3.42. The van der Waals surface area contributed by atoms with E-state index in [0.717, 1.165) is 0 Å². The van der Waals surface area contributed by atoms with Crippen LogP contribution in [-0.2, 0) is 71.4 Å². The van der Waals surface area contributed by atoms with Gasteiger partial charge in [-0.25, -0.2) is 0 Å². The maximum absolute atomic E-state index is 12.6. The maximum atomic E-state index is 12.6. The van der Waals surface area contributed by atoms with Crippen LogP contribution in [0.15, 0.2) is 0 Å². The largest absolute Gasteiger partial charge is 0.466 e. The summed E-state index contributed by atoms with van der Waals surface area (Å²) in [6, 6.07) is -3.93.